The van der Waals surface area contributed by atoms with Crippen molar-refractivity contribution in [3.05, 3.63) is 18.2 Å². The molecule has 2 rings (SSSR count). The molecule has 1 saturated heterocycles. The monoisotopic (exact) mass is 312 g/mol. The van der Waals surface area contributed by atoms with Gasteiger partial charge in [0.2, 0.25) is 10.0 Å². The average molecular weight is 312 g/mol. The van der Waals surface area contributed by atoms with Crippen molar-refractivity contribution in [3.63, 3.8) is 0 Å². The molecule has 6 heteroatoms. The van der Waals surface area contributed by atoms with E-state index in [1.807, 2.05) is 0 Å². The van der Waals surface area contributed by atoms with Gasteiger partial charge < -0.3 is 10.5 Å². The number of nitrogen functional groups attached to an aromatic ring is 1. The lowest BCUT2D eigenvalue weighted by Gasteiger charge is -2.31. The zero-order valence-electron chi connectivity index (χ0n) is 12.7. The van der Waals surface area contributed by atoms with Gasteiger partial charge in [-0.1, -0.05) is 19.8 Å². The molecule has 1 fully saturated rings. The van der Waals surface area contributed by atoms with E-state index in [0.29, 0.717) is 30.4 Å². The molecule has 0 atom stereocenters. The molecule has 1 aromatic carbocycles. The molecule has 0 bridgehead atoms. The number of hydrogen-bond donors (Lipinski definition) is 1. The maximum absolute atomic E-state index is 12.6. The summed E-state index contributed by atoms with van der Waals surface area (Å²) in [5, 5.41) is 0. The smallest absolute Gasteiger partial charge is 0.243 e. The number of rotatable bonds is 5. The van der Waals surface area contributed by atoms with E-state index in [0.717, 1.165) is 19.3 Å². The van der Waals surface area contributed by atoms with Crippen LogP contribution in [0.1, 0.15) is 32.6 Å². The lowest BCUT2D eigenvalue weighted by atomic mass is 9.94. The number of nitrogens with zero attached hydrogens (tertiary/aromatic N) is 1. The number of sulfonamides is 1. The van der Waals surface area contributed by atoms with E-state index in [1.54, 1.807) is 16.4 Å². The van der Waals surface area contributed by atoms with Crippen molar-refractivity contribution in [2.45, 2.75) is 37.5 Å². The van der Waals surface area contributed by atoms with Gasteiger partial charge >= 0.3 is 0 Å². The Kier molecular flexibility index (Phi) is 5.11. The molecular formula is C15H24N2O3S. The molecule has 1 heterocycles. The Morgan fingerprint density at radius 3 is 2.52 bits per heavy atom. The molecular weight excluding hydrogens is 288 g/mol. The highest BCUT2D eigenvalue weighted by Gasteiger charge is 2.29. The lowest BCUT2D eigenvalue weighted by Crippen LogP contribution is -2.38. The molecule has 21 heavy (non-hydrogen) atoms. The first-order chi connectivity index (χ1) is 9.98. The van der Waals surface area contributed by atoms with Crippen molar-refractivity contribution in [1.29, 1.82) is 0 Å². The third-order valence-corrected chi connectivity index (χ3v) is 6.00. The molecule has 118 valence electrons. The molecule has 0 aromatic heterocycles. The second-order valence-electron chi connectivity index (χ2n) is 5.54. The van der Waals surface area contributed by atoms with Crippen LogP contribution in [0.2, 0.25) is 0 Å². The van der Waals surface area contributed by atoms with Gasteiger partial charge in [-0.2, -0.15) is 4.31 Å². The second-order valence-corrected chi connectivity index (χ2v) is 7.48. The Bertz CT molecular complexity index is 579. The Labute approximate surface area is 127 Å². The van der Waals surface area contributed by atoms with E-state index in [2.05, 4.69) is 6.92 Å². The molecule has 1 aliphatic heterocycles. The minimum absolute atomic E-state index is 0.245. The molecule has 2 N–H and O–H groups in total. The highest BCUT2D eigenvalue weighted by molar-refractivity contribution is 7.89. The fourth-order valence-electron chi connectivity index (χ4n) is 2.87. The quantitative estimate of drug-likeness (QED) is 0.848. The fourth-order valence-corrected chi connectivity index (χ4v) is 4.37. The molecule has 0 spiro atoms. The zero-order chi connectivity index (χ0) is 15.5. The van der Waals surface area contributed by atoms with Crippen LogP contribution in [0.15, 0.2) is 23.1 Å². The fraction of sp³-hybridized carbons (Fsp3) is 0.600. The highest BCUT2D eigenvalue weighted by atomic mass is 32.2. The Morgan fingerprint density at radius 1 is 1.33 bits per heavy atom. The van der Waals surface area contributed by atoms with Crippen LogP contribution < -0.4 is 10.5 Å². The van der Waals surface area contributed by atoms with Crippen LogP contribution >= 0.6 is 0 Å². The minimum atomic E-state index is -3.45. The lowest BCUT2D eigenvalue weighted by molar-refractivity contribution is 0.262. The molecule has 0 aliphatic carbocycles. The van der Waals surface area contributed by atoms with Crippen LogP contribution in [0.25, 0.3) is 0 Å². The summed E-state index contributed by atoms with van der Waals surface area (Å²) < 4.78 is 31.9. The van der Waals surface area contributed by atoms with E-state index in [4.69, 9.17) is 10.5 Å². The zero-order valence-corrected chi connectivity index (χ0v) is 13.5. The van der Waals surface area contributed by atoms with Gasteiger partial charge in [-0.05, 0) is 37.0 Å². The summed E-state index contributed by atoms with van der Waals surface area (Å²) in [4.78, 5) is 0.245. The Balaban J connectivity index is 2.14. The molecule has 0 amide bonds. The number of anilines is 1. The predicted molar refractivity (Wildman–Crippen MR) is 83.8 cm³/mol. The van der Waals surface area contributed by atoms with Gasteiger partial charge in [-0.15, -0.1) is 0 Å². The number of nitrogens with two attached hydrogens (primary N) is 1. The maximum atomic E-state index is 12.6. The SMILES string of the molecule is CCCC1CCN(S(=O)(=O)c2ccc(OC)c(N)c2)CC1. The van der Waals surface area contributed by atoms with Gasteiger partial charge in [0.25, 0.3) is 0 Å². The van der Waals surface area contributed by atoms with Gasteiger partial charge in [0.15, 0.2) is 0 Å². The topological polar surface area (TPSA) is 72.6 Å². The minimum Gasteiger partial charge on any atom is -0.495 e. The second kappa shape index (κ2) is 6.66. The van der Waals surface area contributed by atoms with Crippen LogP contribution in [0, 0.1) is 5.92 Å². The largest absolute Gasteiger partial charge is 0.495 e. The van der Waals surface area contributed by atoms with E-state index in [1.165, 1.54) is 19.6 Å². The molecule has 0 saturated carbocycles. The number of ether oxygens (including phenoxy) is 1. The summed E-state index contributed by atoms with van der Waals surface area (Å²) in [6.07, 6.45) is 4.23. The molecule has 1 aliphatic rings. The molecule has 5 nitrogen and oxygen atoms in total. The van der Waals surface area contributed by atoms with E-state index in [9.17, 15) is 8.42 Å². The molecule has 0 unspecified atom stereocenters. The maximum Gasteiger partial charge on any atom is 0.243 e. The van der Waals surface area contributed by atoms with E-state index < -0.39 is 10.0 Å². The Morgan fingerprint density at radius 2 is 2.00 bits per heavy atom. The van der Waals surface area contributed by atoms with E-state index in [-0.39, 0.29) is 4.90 Å². The summed E-state index contributed by atoms with van der Waals surface area (Å²) >= 11 is 0. The van der Waals surface area contributed by atoms with E-state index >= 15 is 0 Å². The van der Waals surface area contributed by atoms with Crippen molar-refractivity contribution in [2.75, 3.05) is 25.9 Å². The summed E-state index contributed by atoms with van der Waals surface area (Å²) in [6, 6.07) is 4.64. The van der Waals surface area contributed by atoms with Crippen LogP contribution in [0.3, 0.4) is 0 Å². The van der Waals surface area contributed by atoms with Crippen LogP contribution in [-0.2, 0) is 10.0 Å². The van der Waals surface area contributed by atoms with Gasteiger partial charge in [0.1, 0.15) is 5.75 Å². The van der Waals surface area contributed by atoms with Crippen LogP contribution in [0.5, 0.6) is 5.75 Å². The van der Waals surface area contributed by atoms with Crippen molar-refractivity contribution in [2.24, 2.45) is 5.92 Å². The van der Waals surface area contributed by atoms with Crippen molar-refractivity contribution < 1.29 is 13.2 Å². The Hall–Kier alpha value is -1.27. The third kappa shape index (κ3) is 3.49. The highest BCUT2D eigenvalue weighted by Crippen LogP contribution is 2.29. The summed E-state index contributed by atoms with van der Waals surface area (Å²) in [7, 11) is -1.94. The first-order valence-electron chi connectivity index (χ1n) is 7.42. The van der Waals surface area contributed by atoms with Crippen molar-refractivity contribution in [3.8, 4) is 5.75 Å². The number of benzene rings is 1. The molecule has 1 aromatic rings. The predicted octanol–water partition coefficient (Wildman–Crippen LogP) is 2.48. The van der Waals surface area contributed by atoms with Gasteiger partial charge in [0.05, 0.1) is 17.7 Å². The van der Waals surface area contributed by atoms with Crippen molar-refractivity contribution >= 4 is 15.7 Å². The van der Waals surface area contributed by atoms with Gasteiger partial charge in [-0.25, -0.2) is 8.42 Å². The number of methoxy groups -OCH3 is 1. The van der Waals surface area contributed by atoms with Crippen LogP contribution in [-0.4, -0.2) is 32.9 Å². The van der Waals surface area contributed by atoms with Crippen molar-refractivity contribution in [1.82, 2.24) is 4.31 Å². The first kappa shape index (κ1) is 16.1. The number of piperidine rings is 1. The average Bonchev–Trinajstić information content (AvgIpc) is 2.48. The standard InChI is InChI=1S/C15H24N2O3S/c1-3-4-12-7-9-17(10-8-12)21(18,19)13-5-6-15(20-2)14(16)11-13/h5-6,11-12H,3-4,7-10,16H2,1-2H3. The van der Waals surface area contributed by atoms with Gasteiger partial charge in [0, 0.05) is 13.1 Å². The first-order valence-corrected chi connectivity index (χ1v) is 8.86. The summed E-state index contributed by atoms with van der Waals surface area (Å²) in [5.41, 5.74) is 6.16. The number of hydrogen-bond acceptors (Lipinski definition) is 4. The van der Waals surface area contributed by atoms with Gasteiger partial charge in [-0.3, -0.25) is 0 Å². The summed E-state index contributed by atoms with van der Waals surface area (Å²) in [5.74, 6) is 1.15. The third-order valence-electron chi connectivity index (χ3n) is 4.11. The van der Waals surface area contributed by atoms with Crippen LogP contribution in [0.4, 0.5) is 5.69 Å². The summed E-state index contributed by atoms with van der Waals surface area (Å²) in [6.45, 7) is 3.36. The molecule has 0 radical (unpaired) electrons. The normalized spacial score (nSPS) is 17.8.